The van der Waals surface area contributed by atoms with E-state index >= 15 is 0 Å². The number of rotatable bonds is 5. The van der Waals surface area contributed by atoms with Gasteiger partial charge in [-0.2, -0.15) is 0 Å². The molecule has 2 aromatic rings. The van der Waals surface area contributed by atoms with Gasteiger partial charge in [-0.15, -0.1) is 0 Å². The summed E-state index contributed by atoms with van der Waals surface area (Å²) in [5.41, 5.74) is 2.82. The van der Waals surface area contributed by atoms with Crippen LogP contribution in [0.2, 0.25) is 0 Å². The van der Waals surface area contributed by atoms with Crippen molar-refractivity contribution in [2.45, 2.75) is 26.6 Å². The highest BCUT2D eigenvalue weighted by Gasteiger charge is 2.11. The third-order valence-electron chi connectivity index (χ3n) is 3.00. The van der Waals surface area contributed by atoms with Crippen LogP contribution in [0.1, 0.15) is 29.7 Å². The topological polar surface area (TPSA) is 51.6 Å². The van der Waals surface area contributed by atoms with E-state index in [0.29, 0.717) is 18.1 Å². The van der Waals surface area contributed by atoms with Gasteiger partial charge >= 0.3 is 0 Å². The Kier molecular flexibility index (Phi) is 4.58. The normalized spacial score (nSPS) is 12.0. The molecule has 0 amide bonds. The highest BCUT2D eigenvalue weighted by molar-refractivity contribution is 5.42. The maximum Gasteiger partial charge on any atom is 0.129 e. The Hall–Kier alpha value is -2.07. The number of aryl methyl sites for hydroxylation is 1. The molecule has 0 saturated heterocycles. The van der Waals surface area contributed by atoms with E-state index in [-0.39, 0.29) is 0 Å². The van der Waals surface area contributed by atoms with Crippen molar-refractivity contribution < 1.29 is 14.6 Å². The number of nitrogens with zero attached hydrogens (tertiary/aromatic N) is 1. The molecule has 0 unspecified atom stereocenters. The number of methoxy groups -OCH3 is 1. The number of pyridine rings is 1. The fourth-order valence-electron chi connectivity index (χ4n) is 1.97. The second kappa shape index (κ2) is 6.39. The van der Waals surface area contributed by atoms with E-state index in [9.17, 15) is 5.11 Å². The molecule has 0 spiro atoms. The quantitative estimate of drug-likeness (QED) is 0.909. The van der Waals surface area contributed by atoms with Crippen LogP contribution in [-0.2, 0) is 6.61 Å². The zero-order chi connectivity index (χ0) is 14.5. The third kappa shape index (κ3) is 3.48. The van der Waals surface area contributed by atoms with E-state index in [1.54, 1.807) is 32.5 Å². The van der Waals surface area contributed by atoms with Crippen LogP contribution in [-0.4, -0.2) is 17.2 Å². The SMILES string of the molecule is COc1ccc([C@H](C)O)c(OCc2cncc(C)c2)c1. The van der Waals surface area contributed by atoms with Gasteiger partial charge in [-0.3, -0.25) is 4.98 Å². The van der Waals surface area contributed by atoms with E-state index in [4.69, 9.17) is 9.47 Å². The highest BCUT2D eigenvalue weighted by atomic mass is 16.5. The van der Waals surface area contributed by atoms with Crippen LogP contribution in [0.3, 0.4) is 0 Å². The molecule has 106 valence electrons. The molecule has 20 heavy (non-hydrogen) atoms. The van der Waals surface area contributed by atoms with Gasteiger partial charge in [0.05, 0.1) is 13.2 Å². The van der Waals surface area contributed by atoms with Crippen LogP contribution in [0.25, 0.3) is 0 Å². The Morgan fingerprint density at radius 1 is 1.25 bits per heavy atom. The summed E-state index contributed by atoms with van der Waals surface area (Å²) in [5.74, 6) is 1.33. The molecule has 0 aliphatic heterocycles. The average molecular weight is 273 g/mol. The standard InChI is InChI=1S/C16H19NO3/c1-11-6-13(9-17-8-11)10-20-16-7-14(19-3)4-5-15(16)12(2)18/h4-9,12,18H,10H2,1-3H3/t12-/m0/s1. The molecule has 4 nitrogen and oxygen atoms in total. The van der Waals surface area contributed by atoms with Gasteiger partial charge in [0.2, 0.25) is 0 Å². The van der Waals surface area contributed by atoms with Crippen molar-refractivity contribution in [3.05, 3.63) is 53.3 Å². The van der Waals surface area contributed by atoms with E-state index in [0.717, 1.165) is 16.7 Å². The number of aliphatic hydroxyl groups excluding tert-OH is 1. The molecule has 1 heterocycles. The maximum absolute atomic E-state index is 9.78. The Bertz CT molecular complexity index is 582. The lowest BCUT2D eigenvalue weighted by Gasteiger charge is -2.14. The molecule has 2 rings (SSSR count). The van der Waals surface area contributed by atoms with E-state index in [2.05, 4.69) is 4.98 Å². The molecule has 4 heteroatoms. The molecular formula is C16H19NO3. The van der Waals surface area contributed by atoms with E-state index < -0.39 is 6.10 Å². The summed E-state index contributed by atoms with van der Waals surface area (Å²) in [5, 5.41) is 9.78. The summed E-state index contributed by atoms with van der Waals surface area (Å²) in [6.07, 6.45) is 2.98. The van der Waals surface area contributed by atoms with Crippen molar-refractivity contribution in [2.24, 2.45) is 0 Å². The molecule has 0 bridgehead atoms. The van der Waals surface area contributed by atoms with Crippen LogP contribution >= 0.6 is 0 Å². The highest BCUT2D eigenvalue weighted by Crippen LogP contribution is 2.30. The van der Waals surface area contributed by atoms with Crippen LogP contribution in [0.5, 0.6) is 11.5 Å². The minimum absolute atomic E-state index is 0.404. The van der Waals surface area contributed by atoms with Crippen molar-refractivity contribution >= 4 is 0 Å². The minimum atomic E-state index is -0.591. The summed E-state index contributed by atoms with van der Waals surface area (Å²) in [4.78, 5) is 4.13. The molecule has 0 aliphatic carbocycles. The van der Waals surface area contributed by atoms with Crippen LogP contribution < -0.4 is 9.47 Å². The Morgan fingerprint density at radius 3 is 2.70 bits per heavy atom. The first kappa shape index (κ1) is 14.3. The Balaban J connectivity index is 2.19. The van der Waals surface area contributed by atoms with Crippen molar-refractivity contribution in [3.8, 4) is 11.5 Å². The fourth-order valence-corrected chi connectivity index (χ4v) is 1.97. The van der Waals surface area contributed by atoms with Crippen LogP contribution in [0.4, 0.5) is 0 Å². The predicted octanol–water partition coefficient (Wildman–Crippen LogP) is 3.03. The summed E-state index contributed by atoms with van der Waals surface area (Å²) in [6.45, 7) is 4.10. The fraction of sp³-hybridized carbons (Fsp3) is 0.312. The van der Waals surface area contributed by atoms with Gasteiger partial charge in [0.15, 0.2) is 0 Å². The predicted molar refractivity (Wildman–Crippen MR) is 76.9 cm³/mol. The molecule has 0 saturated carbocycles. The lowest BCUT2D eigenvalue weighted by Crippen LogP contribution is -2.02. The number of hydrogen-bond donors (Lipinski definition) is 1. The zero-order valence-corrected chi connectivity index (χ0v) is 12.0. The molecule has 1 aromatic carbocycles. The molecule has 1 N–H and O–H groups in total. The van der Waals surface area contributed by atoms with Gasteiger partial charge in [0.25, 0.3) is 0 Å². The molecule has 0 fully saturated rings. The second-order valence-corrected chi connectivity index (χ2v) is 4.74. The lowest BCUT2D eigenvalue weighted by molar-refractivity contribution is 0.190. The Labute approximate surface area is 119 Å². The number of aliphatic hydroxyl groups is 1. The lowest BCUT2D eigenvalue weighted by atomic mass is 10.1. The largest absolute Gasteiger partial charge is 0.497 e. The summed E-state index contributed by atoms with van der Waals surface area (Å²) in [6, 6.07) is 7.43. The molecule has 1 aromatic heterocycles. The summed E-state index contributed by atoms with van der Waals surface area (Å²) < 4.78 is 11.0. The first-order valence-electron chi connectivity index (χ1n) is 6.49. The zero-order valence-electron chi connectivity index (χ0n) is 12.0. The van der Waals surface area contributed by atoms with E-state index in [1.165, 1.54) is 0 Å². The minimum Gasteiger partial charge on any atom is -0.497 e. The Morgan fingerprint density at radius 2 is 2.05 bits per heavy atom. The monoisotopic (exact) mass is 273 g/mol. The van der Waals surface area contributed by atoms with Crippen molar-refractivity contribution in [1.29, 1.82) is 0 Å². The molecule has 1 atom stereocenters. The van der Waals surface area contributed by atoms with Gasteiger partial charge < -0.3 is 14.6 Å². The van der Waals surface area contributed by atoms with Gasteiger partial charge in [0, 0.05) is 29.6 Å². The van der Waals surface area contributed by atoms with Gasteiger partial charge in [-0.1, -0.05) is 0 Å². The molecular weight excluding hydrogens is 254 g/mol. The number of ether oxygens (including phenoxy) is 2. The van der Waals surface area contributed by atoms with Crippen molar-refractivity contribution in [3.63, 3.8) is 0 Å². The number of aromatic nitrogens is 1. The van der Waals surface area contributed by atoms with Crippen LogP contribution in [0, 0.1) is 6.92 Å². The van der Waals surface area contributed by atoms with Gasteiger partial charge in [0.1, 0.15) is 18.1 Å². The first-order valence-corrected chi connectivity index (χ1v) is 6.49. The van der Waals surface area contributed by atoms with Crippen molar-refractivity contribution in [1.82, 2.24) is 4.98 Å². The van der Waals surface area contributed by atoms with Gasteiger partial charge in [-0.05, 0) is 37.6 Å². The first-order chi connectivity index (χ1) is 9.60. The third-order valence-corrected chi connectivity index (χ3v) is 3.00. The smallest absolute Gasteiger partial charge is 0.129 e. The summed E-state index contributed by atoms with van der Waals surface area (Å²) in [7, 11) is 1.60. The molecule has 0 aliphatic rings. The second-order valence-electron chi connectivity index (χ2n) is 4.74. The maximum atomic E-state index is 9.78. The summed E-state index contributed by atoms with van der Waals surface area (Å²) >= 11 is 0. The van der Waals surface area contributed by atoms with Gasteiger partial charge in [-0.25, -0.2) is 0 Å². The number of hydrogen-bond acceptors (Lipinski definition) is 4. The molecule has 0 radical (unpaired) electrons. The average Bonchev–Trinajstić information content (AvgIpc) is 2.44. The van der Waals surface area contributed by atoms with Crippen molar-refractivity contribution in [2.75, 3.05) is 7.11 Å². The van der Waals surface area contributed by atoms with Crippen LogP contribution in [0.15, 0.2) is 36.7 Å². The van der Waals surface area contributed by atoms with E-state index in [1.807, 2.05) is 25.1 Å². The number of benzene rings is 1.